The second-order valence-corrected chi connectivity index (χ2v) is 5.23. The Bertz CT molecular complexity index is 480. The number of piperidine rings is 1. The van der Waals surface area contributed by atoms with Gasteiger partial charge in [0, 0.05) is 18.3 Å². The van der Waals surface area contributed by atoms with Gasteiger partial charge in [-0.25, -0.2) is 9.37 Å². The number of hydrogen-bond acceptors (Lipinski definition) is 3. The molecule has 1 aromatic heterocycles. The molecule has 2 aliphatic rings. The van der Waals surface area contributed by atoms with Gasteiger partial charge < -0.3 is 9.64 Å². The summed E-state index contributed by atoms with van der Waals surface area (Å²) in [5, 5.41) is 0. The van der Waals surface area contributed by atoms with Gasteiger partial charge in [-0.05, 0) is 37.8 Å². The third-order valence-corrected chi connectivity index (χ3v) is 4.10. The highest BCUT2D eigenvalue weighted by molar-refractivity contribution is 5.97. The normalized spacial score (nSPS) is 29.4. The Morgan fingerprint density at radius 3 is 2.74 bits per heavy atom. The maximum Gasteiger partial charge on any atom is 0.259 e. The summed E-state index contributed by atoms with van der Waals surface area (Å²) in [5.41, 5.74) is 0.471. The number of fused-ring (bicyclic) bond motifs is 2. The minimum absolute atomic E-state index is 0.0335. The topological polar surface area (TPSA) is 42.4 Å². The van der Waals surface area contributed by atoms with Crippen LogP contribution in [0.25, 0.3) is 0 Å². The largest absolute Gasteiger partial charge is 0.480 e. The Morgan fingerprint density at radius 2 is 2.11 bits per heavy atom. The Hall–Kier alpha value is -1.65. The molecular formula is C14H17FN2O2. The lowest BCUT2D eigenvalue weighted by Crippen LogP contribution is -2.47. The van der Waals surface area contributed by atoms with Gasteiger partial charge in [0.1, 0.15) is 11.7 Å². The molecule has 19 heavy (non-hydrogen) atoms. The van der Waals surface area contributed by atoms with Crippen LogP contribution in [0.1, 0.15) is 36.0 Å². The van der Waals surface area contributed by atoms with E-state index in [-0.39, 0.29) is 18.0 Å². The molecule has 3 rings (SSSR count). The fraction of sp³-hybridized carbons (Fsp3) is 0.571. The number of rotatable bonds is 2. The van der Waals surface area contributed by atoms with Crippen molar-refractivity contribution in [3.63, 3.8) is 0 Å². The lowest BCUT2D eigenvalue weighted by molar-refractivity contribution is 0.0475. The average molecular weight is 264 g/mol. The van der Waals surface area contributed by atoms with Crippen LogP contribution in [0.5, 0.6) is 5.88 Å². The van der Waals surface area contributed by atoms with Gasteiger partial charge in [0.25, 0.3) is 5.91 Å². The van der Waals surface area contributed by atoms with Crippen molar-refractivity contribution < 1.29 is 13.9 Å². The molecule has 1 amide bonds. The third kappa shape index (κ3) is 2.07. The van der Waals surface area contributed by atoms with E-state index in [0.29, 0.717) is 24.3 Å². The number of hydrogen-bond donors (Lipinski definition) is 0. The zero-order chi connectivity index (χ0) is 13.4. The first-order chi connectivity index (χ1) is 9.20. The van der Waals surface area contributed by atoms with E-state index in [0.717, 1.165) is 12.8 Å². The van der Waals surface area contributed by atoms with Crippen molar-refractivity contribution in [2.24, 2.45) is 0 Å². The van der Waals surface area contributed by atoms with E-state index in [1.165, 1.54) is 7.11 Å². The summed E-state index contributed by atoms with van der Waals surface area (Å²) in [6.45, 7) is 0. The van der Waals surface area contributed by atoms with Crippen LogP contribution in [0, 0.1) is 0 Å². The highest BCUT2D eigenvalue weighted by Gasteiger charge is 2.44. The highest BCUT2D eigenvalue weighted by Crippen LogP contribution is 2.38. The minimum Gasteiger partial charge on any atom is -0.480 e. The summed E-state index contributed by atoms with van der Waals surface area (Å²) in [4.78, 5) is 18.5. The predicted octanol–water partition coefficient (Wildman–Crippen LogP) is 2.20. The van der Waals surface area contributed by atoms with Crippen molar-refractivity contribution >= 4 is 5.91 Å². The van der Waals surface area contributed by atoms with Gasteiger partial charge in [-0.2, -0.15) is 0 Å². The van der Waals surface area contributed by atoms with Crippen molar-refractivity contribution in [3.8, 4) is 5.88 Å². The quantitative estimate of drug-likeness (QED) is 0.822. The van der Waals surface area contributed by atoms with Crippen LogP contribution >= 0.6 is 0 Å². The Kier molecular flexibility index (Phi) is 3.12. The van der Waals surface area contributed by atoms with Crippen LogP contribution in [-0.2, 0) is 0 Å². The number of nitrogens with zero attached hydrogens (tertiary/aromatic N) is 2. The number of amides is 1. The van der Waals surface area contributed by atoms with Gasteiger partial charge in [-0.15, -0.1) is 0 Å². The molecule has 0 spiro atoms. The van der Waals surface area contributed by atoms with Crippen LogP contribution in [-0.4, -0.2) is 41.2 Å². The standard InChI is InChI=1S/C14H17FN2O2/c1-19-13-12(3-2-6-16-13)14(18)17-10-4-5-11(17)8-9(15)7-10/h2-3,6,9-11H,4-5,7-8H2,1H3. The third-order valence-electron chi connectivity index (χ3n) is 4.10. The summed E-state index contributed by atoms with van der Waals surface area (Å²) in [6, 6.07) is 3.51. The van der Waals surface area contributed by atoms with Gasteiger partial charge in [-0.1, -0.05) is 0 Å². The number of aromatic nitrogens is 1. The molecule has 102 valence electrons. The molecule has 0 saturated carbocycles. The smallest absolute Gasteiger partial charge is 0.259 e. The second kappa shape index (κ2) is 4.79. The van der Waals surface area contributed by atoms with Crippen LogP contribution in [0.4, 0.5) is 4.39 Å². The number of carbonyl (C=O) groups is 1. The molecule has 1 aromatic rings. The maximum atomic E-state index is 13.5. The van der Waals surface area contributed by atoms with Gasteiger partial charge in [0.05, 0.1) is 7.11 Å². The lowest BCUT2D eigenvalue weighted by Gasteiger charge is -2.36. The lowest BCUT2D eigenvalue weighted by atomic mass is 10.00. The van der Waals surface area contributed by atoms with Crippen molar-refractivity contribution in [2.75, 3.05) is 7.11 Å². The van der Waals surface area contributed by atoms with E-state index in [4.69, 9.17) is 4.74 Å². The second-order valence-electron chi connectivity index (χ2n) is 5.23. The highest BCUT2D eigenvalue weighted by atomic mass is 19.1. The predicted molar refractivity (Wildman–Crippen MR) is 67.9 cm³/mol. The molecule has 2 unspecified atom stereocenters. The number of carbonyl (C=O) groups excluding carboxylic acids is 1. The number of ether oxygens (including phenoxy) is 1. The summed E-state index contributed by atoms with van der Waals surface area (Å²) in [5.74, 6) is 0.263. The Labute approximate surface area is 111 Å². The number of pyridine rings is 1. The zero-order valence-electron chi connectivity index (χ0n) is 10.9. The molecule has 2 aliphatic heterocycles. The molecule has 2 saturated heterocycles. The first-order valence-corrected chi connectivity index (χ1v) is 6.66. The van der Waals surface area contributed by atoms with Gasteiger partial charge in [0.2, 0.25) is 5.88 Å². The summed E-state index contributed by atoms with van der Waals surface area (Å²) < 4.78 is 18.7. The zero-order valence-corrected chi connectivity index (χ0v) is 10.9. The van der Waals surface area contributed by atoms with Crippen molar-refractivity contribution in [2.45, 2.75) is 43.9 Å². The fourth-order valence-electron chi connectivity index (χ4n) is 3.30. The van der Waals surface area contributed by atoms with Crippen LogP contribution in [0.2, 0.25) is 0 Å². The number of halogens is 1. The molecule has 5 heteroatoms. The summed E-state index contributed by atoms with van der Waals surface area (Å²) >= 11 is 0. The first-order valence-electron chi connectivity index (χ1n) is 6.66. The fourth-order valence-corrected chi connectivity index (χ4v) is 3.30. The molecule has 0 aromatic carbocycles. The van der Waals surface area contributed by atoms with Gasteiger partial charge >= 0.3 is 0 Å². The first kappa shape index (κ1) is 12.4. The number of alkyl halides is 1. The summed E-state index contributed by atoms with van der Waals surface area (Å²) in [6.07, 6.45) is 3.56. The molecule has 2 bridgehead atoms. The SMILES string of the molecule is COc1ncccc1C(=O)N1C2CCC1CC(F)C2. The van der Waals surface area contributed by atoms with Crippen LogP contribution < -0.4 is 4.74 Å². The van der Waals surface area contributed by atoms with Crippen molar-refractivity contribution in [3.05, 3.63) is 23.9 Å². The molecule has 0 radical (unpaired) electrons. The van der Waals surface area contributed by atoms with Crippen LogP contribution in [0.3, 0.4) is 0 Å². The van der Waals surface area contributed by atoms with E-state index >= 15 is 0 Å². The van der Waals surface area contributed by atoms with Crippen molar-refractivity contribution in [1.29, 1.82) is 0 Å². The van der Waals surface area contributed by atoms with E-state index in [1.54, 1.807) is 18.3 Å². The average Bonchev–Trinajstić information content (AvgIpc) is 2.70. The molecule has 2 atom stereocenters. The molecule has 2 fully saturated rings. The van der Waals surface area contributed by atoms with E-state index in [9.17, 15) is 9.18 Å². The van der Waals surface area contributed by atoms with E-state index in [2.05, 4.69) is 4.98 Å². The molecule has 4 nitrogen and oxygen atoms in total. The van der Waals surface area contributed by atoms with E-state index in [1.807, 2.05) is 4.90 Å². The maximum absolute atomic E-state index is 13.5. The molecular weight excluding hydrogens is 247 g/mol. The Balaban J connectivity index is 1.89. The summed E-state index contributed by atoms with van der Waals surface area (Å²) in [7, 11) is 1.50. The van der Waals surface area contributed by atoms with Crippen LogP contribution in [0.15, 0.2) is 18.3 Å². The molecule has 0 N–H and O–H groups in total. The molecule has 3 heterocycles. The number of methoxy groups -OCH3 is 1. The van der Waals surface area contributed by atoms with Crippen molar-refractivity contribution in [1.82, 2.24) is 9.88 Å². The molecule has 0 aliphatic carbocycles. The Morgan fingerprint density at radius 1 is 1.42 bits per heavy atom. The van der Waals surface area contributed by atoms with Gasteiger partial charge in [0.15, 0.2) is 0 Å². The monoisotopic (exact) mass is 264 g/mol. The minimum atomic E-state index is -0.766. The van der Waals surface area contributed by atoms with E-state index < -0.39 is 6.17 Å². The van der Waals surface area contributed by atoms with Gasteiger partial charge in [-0.3, -0.25) is 4.79 Å².